The molecule has 0 spiro atoms. The fraction of sp³-hybridized carbons (Fsp3) is 0.684. The number of hydrogen-bond acceptors (Lipinski definition) is 3. The summed E-state index contributed by atoms with van der Waals surface area (Å²) >= 11 is 0. The number of carbonyl (C=O) groups is 1. The van der Waals surface area contributed by atoms with Gasteiger partial charge in [0.15, 0.2) is 6.04 Å². The summed E-state index contributed by atoms with van der Waals surface area (Å²) in [5.74, 6) is 0.193. The van der Waals surface area contributed by atoms with Crippen LogP contribution in [-0.4, -0.2) is 27.8 Å². The van der Waals surface area contributed by atoms with Gasteiger partial charge in [0.05, 0.1) is 5.60 Å². The van der Waals surface area contributed by atoms with Crippen LogP contribution in [0.25, 0.3) is 0 Å². The molecule has 4 aliphatic rings. The van der Waals surface area contributed by atoms with Crippen LogP contribution < -0.4 is 5.32 Å². The van der Waals surface area contributed by atoms with E-state index in [2.05, 4.69) is 10.3 Å². The molecule has 1 aromatic heterocycles. The Bertz CT molecular complexity index is 678. The van der Waals surface area contributed by atoms with E-state index in [4.69, 9.17) is 0 Å². The van der Waals surface area contributed by atoms with Crippen LogP contribution >= 0.6 is 0 Å². The summed E-state index contributed by atoms with van der Waals surface area (Å²) in [6.07, 6.45) is 2.82. The molecule has 26 heavy (non-hydrogen) atoms. The molecule has 0 aromatic carbocycles. The Balaban J connectivity index is 1.49. The smallest absolute Gasteiger partial charge is 0.390 e. The fourth-order valence-corrected chi connectivity index (χ4v) is 6.06. The van der Waals surface area contributed by atoms with Crippen molar-refractivity contribution in [3.05, 3.63) is 30.1 Å². The van der Waals surface area contributed by atoms with Crippen LogP contribution in [0.3, 0.4) is 0 Å². The van der Waals surface area contributed by atoms with Gasteiger partial charge in [0.25, 0.3) is 0 Å². The number of pyridine rings is 1. The number of nitrogens with one attached hydrogen (secondary N) is 1. The lowest BCUT2D eigenvalue weighted by Crippen LogP contribution is -2.56. The molecule has 5 rings (SSSR count). The van der Waals surface area contributed by atoms with Crippen molar-refractivity contribution in [1.82, 2.24) is 10.3 Å². The second kappa shape index (κ2) is 5.94. The molecule has 7 heteroatoms. The van der Waals surface area contributed by atoms with Crippen LogP contribution in [0.4, 0.5) is 13.2 Å². The highest BCUT2D eigenvalue weighted by molar-refractivity contribution is 5.77. The molecule has 4 bridgehead atoms. The molecule has 1 heterocycles. The lowest BCUT2D eigenvalue weighted by Gasteiger charge is -2.60. The Labute approximate surface area is 150 Å². The lowest BCUT2D eigenvalue weighted by molar-refractivity contribution is -0.176. The zero-order valence-electron chi connectivity index (χ0n) is 14.4. The zero-order valence-corrected chi connectivity index (χ0v) is 14.4. The van der Waals surface area contributed by atoms with Gasteiger partial charge < -0.3 is 10.4 Å². The Morgan fingerprint density at radius 3 is 2.54 bits per heavy atom. The minimum absolute atomic E-state index is 0.0507. The summed E-state index contributed by atoms with van der Waals surface area (Å²) in [6.45, 7) is 0. The Kier molecular flexibility index (Phi) is 4.06. The largest absolute Gasteiger partial charge is 0.412 e. The van der Waals surface area contributed by atoms with Crippen LogP contribution in [0.2, 0.25) is 0 Å². The van der Waals surface area contributed by atoms with Crippen molar-refractivity contribution in [2.24, 2.45) is 17.3 Å². The monoisotopic (exact) mass is 368 g/mol. The molecule has 0 unspecified atom stereocenters. The van der Waals surface area contributed by atoms with Crippen molar-refractivity contribution < 1.29 is 23.1 Å². The second-order valence-corrected chi connectivity index (χ2v) is 8.69. The van der Waals surface area contributed by atoms with Gasteiger partial charge in [-0.1, -0.05) is 6.07 Å². The Morgan fingerprint density at radius 2 is 2.00 bits per heavy atom. The second-order valence-electron chi connectivity index (χ2n) is 8.69. The van der Waals surface area contributed by atoms with Gasteiger partial charge in [-0.2, -0.15) is 13.2 Å². The maximum absolute atomic E-state index is 13.4. The number of aromatic nitrogens is 1. The fourth-order valence-electron chi connectivity index (χ4n) is 6.06. The lowest BCUT2D eigenvalue weighted by atomic mass is 9.47. The van der Waals surface area contributed by atoms with E-state index in [-0.39, 0.29) is 17.4 Å². The average molecular weight is 368 g/mol. The molecule has 0 aliphatic heterocycles. The summed E-state index contributed by atoms with van der Waals surface area (Å²) in [7, 11) is 0. The molecular weight excluding hydrogens is 345 g/mol. The van der Waals surface area contributed by atoms with E-state index in [0.29, 0.717) is 18.3 Å². The van der Waals surface area contributed by atoms with E-state index in [1.807, 2.05) is 0 Å². The number of halogens is 3. The topological polar surface area (TPSA) is 62.2 Å². The van der Waals surface area contributed by atoms with E-state index in [9.17, 15) is 23.1 Å². The molecule has 1 aromatic rings. The number of carbonyl (C=O) groups excluding carboxylic acids is 1. The maximum Gasteiger partial charge on any atom is 0.412 e. The van der Waals surface area contributed by atoms with Gasteiger partial charge in [-0.25, -0.2) is 0 Å². The number of nitrogens with zero attached hydrogens (tertiary/aromatic N) is 1. The molecule has 3 atom stereocenters. The highest BCUT2D eigenvalue weighted by atomic mass is 19.4. The molecular formula is C19H23F3N2O2. The van der Waals surface area contributed by atoms with E-state index in [0.717, 1.165) is 38.3 Å². The average Bonchev–Trinajstić information content (AvgIpc) is 2.49. The third kappa shape index (κ3) is 3.33. The standard InChI is InChI=1S/C19H23F3N2O2/c20-19(21,22)16(14-2-1-3-23-10-14)24-15(25)9-17-5-12-4-13(6-17)8-18(26,7-12)11-17/h1-3,10,12-13,16,26H,4-9,11H2,(H,24,25)/t12-,13-,16-,17?,18?/m0/s1. The molecule has 0 saturated heterocycles. The van der Waals surface area contributed by atoms with Gasteiger partial charge >= 0.3 is 6.18 Å². The molecule has 0 radical (unpaired) electrons. The molecule has 4 saturated carbocycles. The first-order valence-electron chi connectivity index (χ1n) is 9.15. The number of alkyl halides is 3. The molecule has 2 N–H and O–H groups in total. The van der Waals surface area contributed by atoms with E-state index in [1.54, 1.807) is 0 Å². The minimum atomic E-state index is -4.58. The quantitative estimate of drug-likeness (QED) is 0.855. The van der Waals surface area contributed by atoms with Crippen LogP contribution in [0.15, 0.2) is 24.5 Å². The van der Waals surface area contributed by atoms with Crippen molar-refractivity contribution in [3.8, 4) is 0 Å². The summed E-state index contributed by atoms with van der Waals surface area (Å²) < 4.78 is 40.3. The minimum Gasteiger partial charge on any atom is -0.390 e. The van der Waals surface area contributed by atoms with Crippen LogP contribution in [-0.2, 0) is 4.79 Å². The van der Waals surface area contributed by atoms with Crippen molar-refractivity contribution in [2.45, 2.75) is 62.8 Å². The van der Waals surface area contributed by atoms with Crippen molar-refractivity contribution in [3.63, 3.8) is 0 Å². The van der Waals surface area contributed by atoms with Gasteiger partial charge in [-0.05, 0) is 61.8 Å². The number of amides is 1. The zero-order chi connectivity index (χ0) is 18.6. The van der Waals surface area contributed by atoms with Crippen molar-refractivity contribution in [1.29, 1.82) is 0 Å². The predicted molar refractivity (Wildman–Crippen MR) is 87.9 cm³/mol. The summed E-state index contributed by atoms with van der Waals surface area (Å²) in [4.78, 5) is 16.3. The summed E-state index contributed by atoms with van der Waals surface area (Å²) in [5.41, 5.74) is -1.15. The molecule has 4 aliphatic carbocycles. The van der Waals surface area contributed by atoms with E-state index >= 15 is 0 Å². The van der Waals surface area contributed by atoms with Gasteiger partial charge in [0, 0.05) is 24.4 Å². The number of rotatable bonds is 4. The molecule has 4 fully saturated rings. The predicted octanol–water partition coefficient (Wildman–Crippen LogP) is 3.52. The third-order valence-electron chi connectivity index (χ3n) is 6.34. The van der Waals surface area contributed by atoms with Gasteiger partial charge in [0.1, 0.15) is 0 Å². The molecule has 1 amide bonds. The highest BCUT2D eigenvalue weighted by Gasteiger charge is 2.57. The first-order valence-corrected chi connectivity index (χ1v) is 9.15. The summed E-state index contributed by atoms with van der Waals surface area (Å²) in [6, 6.07) is 0.689. The molecule has 4 nitrogen and oxygen atoms in total. The normalized spacial score (nSPS) is 36.8. The first kappa shape index (κ1) is 17.8. The van der Waals surface area contributed by atoms with Gasteiger partial charge in [-0.3, -0.25) is 9.78 Å². The number of hydrogen-bond donors (Lipinski definition) is 2. The SMILES string of the molecule is O=C(CC12C[C@@H]3C[C@H](CC(O)(C3)C1)C2)N[C@@H](c1cccnc1)C(F)(F)F. The van der Waals surface area contributed by atoms with Crippen LogP contribution in [0, 0.1) is 17.3 Å². The van der Waals surface area contributed by atoms with Crippen LogP contribution in [0.1, 0.15) is 56.6 Å². The number of aliphatic hydroxyl groups is 1. The van der Waals surface area contributed by atoms with E-state index in [1.165, 1.54) is 18.3 Å². The van der Waals surface area contributed by atoms with Gasteiger partial charge in [0.2, 0.25) is 5.91 Å². The first-order chi connectivity index (χ1) is 12.2. The van der Waals surface area contributed by atoms with Crippen LogP contribution in [0.5, 0.6) is 0 Å². The highest BCUT2D eigenvalue weighted by Crippen LogP contribution is 2.62. The van der Waals surface area contributed by atoms with E-state index < -0.39 is 23.7 Å². The third-order valence-corrected chi connectivity index (χ3v) is 6.34. The van der Waals surface area contributed by atoms with Crippen molar-refractivity contribution in [2.75, 3.05) is 0 Å². The molecule has 142 valence electrons. The Hall–Kier alpha value is -1.63. The van der Waals surface area contributed by atoms with Gasteiger partial charge in [-0.15, -0.1) is 0 Å². The maximum atomic E-state index is 13.4. The van der Waals surface area contributed by atoms with Crippen molar-refractivity contribution >= 4 is 5.91 Å². The summed E-state index contributed by atoms with van der Waals surface area (Å²) in [5, 5.41) is 12.9. The Morgan fingerprint density at radius 1 is 1.31 bits per heavy atom.